The number of amides is 1. The van der Waals surface area contributed by atoms with Gasteiger partial charge in [0.25, 0.3) is 5.91 Å². The summed E-state index contributed by atoms with van der Waals surface area (Å²) in [6, 6.07) is 10.6. The van der Waals surface area contributed by atoms with Gasteiger partial charge in [-0.2, -0.15) is 13.2 Å². The number of halogens is 3. The molecule has 0 saturated heterocycles. The number of aryl methyl sites for hydroxylation is 1. The predicted octanol–water partition coefficient (Wildman–Crippen LogP) is 4.32. The number of rotatable bonds is 4. The fourth-order valence-electron chi connectivity index (χ4n) is 2.33. The van der Waals surface area contributed by atoms with Gasteiger partial charge in [0.1, 0.15) is 5.52 Å². The highest BCUT2D eigenvalue weighted by Gasteiger charge is 2.30. The lowest BCUT2D eigenvalue weighted by molar-refractivity contribution is -0.0328. The molecule has 3 aromatic rings. The van der Waals surface area contributed by atoms with E-state index in [1.807, 2.05) is 6.92 Å². The molecule has 1 amide bonds. The summed E-state index contributed by atoms with van der Waals surface area (Å²) in [6.07, 6.45) is 0. The SMILES string of the molecule is CCn1nnc2cc(C(=O)Nc3ccccc3SC(F)(F)F)ccc21. The molecule has 0 bridgehead atoms. The number of carbonyl (C=O) groups is 1. The zero-order chi connectivity index (χ0) is 18.0. The third kappa shape index (κ3) is 3.93. The highest BCUT2D eigenvalue weighted by atomic mass is 32.2. The van der Waals surface area contributed by atoms with Gasteiger partial charge in [-0.3, -0.25) is 4.79 Å². The van der Waals surface area contributed by atoms with Crippen molar-refractivity contribution in [2.75, 3.05) is 5.32 Å². The molecule has 0 unspecified atom stereocenters. The maximum atomic E-state index is 12.6. The number of nitrogens with zero attached hydrogens (tertiary/aromatic N) is 3. The van der Waals surface area contributed by atoms with Crippen LogP contribution in [0, 0.1) is 0 Å². The lowest BCUT2D eigenvalue weighted by Gasteiger charge is -2.12. The molecule has 0 atom stereocenters. The monoisotopic (exact) mass is 366 g/mol. The Morgan fingerprint density at radius 3 is 2.72 bits per heavy atom. The normalized spacial score (nSPS) is 11.7. The molecule has 5 nitrogen and oxygen atoms in total. The van der Waals surface area contributed by atoms with E-state index in [1.54, 1.807) is 28.9 Å². The fourth-order valence-corrected chi connectivity index (χ4v) is 2.95. The molecular formula is C16H13F3N4OS. The van der Waals surface area contributed by atoms with Crippen molar-refractivity contribution < 1.29 is 18.0 Å². The first-order valence-corrected chi connectivity index (χ1v) is 8.18. The summed E-state index contributed by atoms with van der Waals surface area (Å²) >= 11 is -0.267. The summed E-state index contributed by atoms with van der Waals surface area (Å²) in [5.74, 6) is -0.511. The average Bonchev–Trinajstić information content (AvgIpc) is 2.97. The zero-order valence-corrected chi connectivity index (χ0v) is 13.9. The summed E-state index contributed by atoms with van der Waals surface area (Å²) in [5.41, 5.74) is -2.70. The van der Waals surface area contributed by atoms with E-state index in [9.17, 15) is 18.0 Å². The number of aromatic nitrogens is 3. The molecule has 1 heterocycles. The Balaban J connectivity index is 1.85. The van der Waals surface area contributed by atoms with Gasteiger partial charge in [0.15, 0.2) is 0 Å². The van der Waals surface area contributed by atoms with Crippen LogP contribution in [0.25, 0.3) is 11.0 Å². The van der Waals surface area contributed by atoms with E-state index in [0.717, 1.165) is 5.52 Å². The molecule has 130 valence electrons. The van der Waals surface area contributed by atoms with E-state index in [2.05, 4.69) is 15.6 Å². The second-order valence-electron chi connectivity index (χ2n) is 5.11. The lowest BCUT2D eigenvalue weighted by Crippen LogP contribution is -2.13. The van der Waals surface area contributed by atoms with Crippen LogP contribution in [-0.2, 0) is 6.54 Å². The van der Waals surface area contributed by atoms with Crippen LogP contribution in [-0.4, -0.2) is 26.4 Å². The third-order valence-electron chi connectivity index (χ3n) is 3.44. The van der Waals surface area contributed by atoms with Crippen molar-refractivity contribution in [2.24, 2.45) is 0 Å². The van der Waals surface area contributed by atoms with Crippen molar-refractivity contribution in [1.29, 1.82) is 0 Å². The zero-order valence-electron chi connectivity index (χ0n) is 13.0. The van der Waals surface area contributed by atoms with Gasteiger partial charge < -0.3 is 5.32 Å². The van der Waals surface area contributed by atoms with Crippen LogP contribution in [0.1, 0.15) is 17.3 Å². The van der Waals surface area contributed by atoms with Gasteiger partial charge in [-0.15, -0.1) is 5.10 Å². The van der Waals surface area contributed by atoms with Gasteiger partial charge in [0.05, 0.1) is 11.2 Å². The van der Waals surface area contributed by atoms with E-state index < -0.39 is 11.4 Å². The Hall–Kier alpha value is -2.55. The summed E-state index contributed by atoms with van der Waals surface area (Å²) < 4.78 is 39.6. The number of nitrogens with one attached hydrogen (secondary N) is 1. The molecule has 3 rings (SSSR count). The number of carbonyl (C=O) groups excluding carboxylic acids is 1. The minimum Gasteiger partial charge on any atom is -0.321 e. The van der Waals surface area contributed by atoms with Gasteiger partial charge in [0, 0.05) is 17.0 Å². The van der Waals surface area contributed by atoms with Crippen molar-refractivity contribution in [1.82, 2.24) is 15.0 Å². The maximum Gasteiger partial charge on any atom is 0.446 e. The van der Waals surface area contributed by atoms with E-state index in [0.29, 0.717) is 17.6 Å². The van der Waals surface area contributed by atoms with Crippen LogP contribution >= 0.6 is 11.8 Å². The Kier molecular flexibility index (Phi) is 4.67. The minimum atomic E-state index is -4.43. The van der Waals surface area contributed by atoms with Gasteiger partial charge in [-0.25, -0.2) is 4.68 Å². The molecule has 0 fully saturated rings. The van der Waals surface area contributed by atoms with Crippen molar-refractivity contribution in [3.63, 3.8) is 0 Å². The number of benzene rings is 2. The summed E-state index contributed by atoms with van der Waals surface area (Å²) in [7, 11) is 0. The van der Waals surface area contributed by atoms with E-state index in [-0.39, 0.29) is 22.3 Å². The maximum absolute atomic E-state index is 12.6. The standard InChI is InChI=1S/C16H13F3N4OS/c1-2-23-13-8-7-10(9-12(13)21-22-23)15(24)20-11-5-3-4-6-14(11)25-16(17,18)19/h3-9H,2H2,1H3,(H,20,24). The summed E-state index contributed by atoms with van der Waals surface area (Å²) in [5, 5.41) is 10.5. The molecule has 9 heteroatoms. The number of hydrogen-bond donors (Lipinski definition) is 1. The molecule has 0 radical (unpaired) electrons. The quantitative estimate of drug-likeness (QED) is 0.699. The Bertz CT molecular complexity index is 923. The first-order valence-electron chi connectivity index (χ1n) is 7.37. The Labute approximate surface area is 145 Å². The fraction of sp³-hybridized carbons (Fsp3) is 0.188. The number of hydrogen-bond acceptors (Lipinski definition) is 4. The number of anilines is 1. The second-order valence-corrected chi connectivity index (χ2v) is 6.21. The molecule has 25 heavy (non-hydrogen) atoms. The molecular weight excluding hydrogens is 353 g/mol. The van der Waals surface area contributed by atoms with Crippen molar-refractivity contribution in [3.8, 4) is 0 Å². The van der Waals surface area contributed by atoms with Crippen LogP contribution in [0.5, 0.6) is 0 Å². The predicted molar refractivity (Wildman–Crippen MR) is 89.5 cm³/mol. The minimum absolute atomic E-state index is 0.0682. The molecule has 0 saturated carbocycles. The summed E-state index contributed by atoms with van der Waals surface area (Å²) in [4.78, 5) is 12.3. The molecule has 0 aliphatic heterocycles. The number of fused-ring (bicyclic) bond motifs is 1. The number of alkyl halides is 3. The van der Waals surface area contributed by atoms with Crippen LogP contribution in [0.4, 0.5) is 18.9 Å². The average molecular weight is 366 g/mol. The smallest absolute Gasteiger partial charge is 0.321 e. The van der Waals surface area contributed by atoms with Crippen molar-refractivity contribution in [2.45, 2.75) is 23.9 Å². The topological polar surface area (TPSA) is 59.8 Å². The van der Waals surface area contributed by atoms with Gasteiger partial charge in [-0.05, 0) is 49.0 Å². The molecule has 0 aliphatic rings. The number of para-hydroxylation sites is 1. The largest absolute Gasteiger partial charge is 0.446 e. The van der Waals surface area contributed by atoms with E-state index in [1.165, 1.54) is 18.2 Å². The molecule has 2 aromatic carbocycles. The molecule has 1 aromatic heterocycles. The highest BCUT2D eigenvalue weighted by molar-refractivity contribution is 8.00. The highest BCUT2D eigenvalue weighted by Crippen LogP contribution is 2.40. The molecule has 0 spiro atoms. The van der Waals surface area contributed by atoms with Crippen LogP contribution < -0.4 is 5.32 Å². The van der Waals surface area contributed by atoms with Crippen LogP contribution in [0.2, 0.25) is 0 Å². The van der Waals surface area contributed by atoms with Crippen LogP contribution in [0.15, 0.2) is 47.4 Å². The van der Waals surface area contributed by atoms with Gasteiger partial charge >= 0.3 is 5.51 Å². The van der Waals surface area contributed by atoms with Crippen molar-refractivity contribution in [3.05, 3.63) is 48.0 Å². The Morgan fingerprint density at radius 2 is 2.00 bits per heavy atom. The van der Waals surface area contributed by atoms with Crippen molar-refractivity contribution >= 4 is 34.4 Å². The number of thioether (sulfide) groups is 1. The third-order valence-corrected chi connectivity index (χ3v) is 4.24. The van der Waals surface area contributed by atoms with E-state index >= 15 is 0 Å². The second kappa shape index (κ2) is 6.75. The summed E-state index contributed by atoms with van der Waals surface area (Å²) in [6.45, 7) is 2.56. The molecule has 0 aliphatic carbocycles. The first-order chi connectivity index (χ1) is 11.9. The van der Waals surface area contributed by atoms with Gasteiger partial charge in [0.2, 0.25) is 0 Å². The van der Waals surface area contributed by atoms with Gasteiger partial charge in [-0.1, -0.05) is 17.3 Å². The van der Waals surface area contributed by atoms with E-state index in [4.69, 9.17) is 0 Å². The van der Waals surface area contributed by atoms with Crippen LogP contribution in [0.3, 0.4) is 0 Å². The first kappa shape index (κ1) is 17.3. The lowest BCUT2D eigenvalue weighted by atomic mass is 10.2. The molecule has 1 N–H and O–H groups in total. The Morgan fingerprint density at radius 1 is 1.24 bits per heavy atom.